The van der Waals surface area contributed by atoms with E-state index >= 15 is 0 Å². The lowest BCUT2D eigenvalue weighted by Crippen LogP contribution is -2.48. The van der Waals surface area contributed by atoms with Gasteiger partial charge in [0.2, 0.25) is 5.82 Å². The normalized spacial score (nSPS) is 15.0. The summed E-state index contributed by atoms with van der Waals surface area (Å²) in [7, 11) is 0. The van der Waals surface area contributed by atoms with Gasteiger partial charge in [0, 0.05) is 38.4 Å². The van der Waals surface area contributed by atoms with E-state index in [0.29, 0.717) is 18.9 Å². The van der Waals surface area contributed by atoms with Gasteiger partial charge in [0.25, 0.3) is 0 Å². The number of aromatic nitrogens is 1. The van der Waals surface area contributed by atoms with Crippen LogP contribution >= 0.6 is 0 Å². The second-order valence-electron chi connectivity index (χ2n) is 6.85. The molecule has 0 N–H and O–H groups in total. The van der Waals surface area contributed by atoms with Gasteiger partial charge in [-0.25, -0.2) is 4.98 Å². The molecule has 28 heavy (non-hydrogen) atoms. The van der Waals surface area contributed by atoms with Gasteiger partial charge in [-0.1, -0.05) is 60.7 Å². The summed E-state index contributed by atoms with van der Waals surface area (Å²) < 4.78 is 0. The van der Waals surface area contributed by atoms with Crippen molar-refractivity contribution in [3.05, 3.63) is 100 Å². The standard InChI is InChI=1S/C22H22N4O2/c27-26(28)20-12-7-13-23-22(20)25-16-14-24(15-17-25)21(18-8-3-1-4-9-18)19-10-5-2-6-11-19/h1-13,21H,14-17H2. The summed E-state index contributed by atoms with van der Waals surface area (Å²) in [5.74, 6) is 0.461. The summed E-state index contributed by atoms with van der Waals surface area (Å²) in [6, 6.07) is 24.3. The molecule has 6 nitrogen and oxygen atoms in total. The Morgan fingerprint density at radius 2 is 1.39 bits per heavy atom. The molecule has 0 radical (unpaired) electrons. The Kier molecular flexibility index (Phi) is 5.30. The fraction of sp³-hybridized carbons (Fsp3) is 0.227. The molecule has 2 heterocycles. The Bertz CT molecular complexity index is 886. The Hall–Kier alpha value is -3.25. The van der Waals surface area contributed by atoms with Crippen LogP contribution in [-0.4, -0.2) is 41.0 Å². The summed E-state index contributed by atoms with van der Waals surface area (Å²) in [6.07, 6.45) is 1.62. The second kappa shape index (κ2) is 8.19. The zero-order chi connectivity index (χ0) is 19.3. The molecule has 6 heteroatoms. The third-order valence-electron chi connectivity index (χ3n) is 5.17. The maximum absolute atomic E-state index is 11.3. The SMILES string of the molecule is O=[N+]([O-])c1cccnc1N1CCN(C(c2ccccc2)c2ccccc2)CC1. The van der Waals surface area contributed by atoms with Crippen LogP contribution in [-0.2, 0) is 0 Å². The summed E-state index contributed by atoms with van der Waals surface area (Å²) in [4.78, 5) is 19.7. The van der Waals surface area contributed by atoms with Crippen molar-refractivity contribution >= 4 is 11.5 Å². The van der Waals surface area contributed by atoms with E-state index in [0.717, 1.165) is 13.1 Å². The highest BCUT2D eigenvalue weighted by Gasteiger charge is 2.29. The van der Waals surface area contributed by atoms with Gasteiger partial charge in [-0.2, -0.15) is 0 Å². The summed E-state index contributed by atoms with van der Waals surface area (Å²) >= 11 is 0. The first-order valence-electron chi connectivity index (χ1n) is 9.42. The molecule has 1 aliphatic rings. The molecule has 0 spiro atoms. The zero-order valence-corrected chi connectivity index (χ0v) is 15.5. The van der Waals surface area contributed by atoms with Gasteiger partial charge in [0.1, 0.15) is 0 Å². The van der Waals surface area contributed by atoms with Crippen LogP contribution < -0.4 is 4.90 Å². The highest BCUT2D eigenvalue weighted by molar-refractivity contribution is 5.57. The largest absolute Gasteiger partial charge is 0.348 e. The molecule has 0 bridgehead atoms. The topological polar surface area (TPSA) is 62.5 Å². The van der Waals surface area contributed by atoms with Crippen LogP contribution in [0.4, 0.5) is 11.5 Å². The summed E-state index contributed by atoms with van der Waals surface area (Å²) in [5.41, 5.74) is 2.58. The van der Waals surface area contributed by atoms with Crippen molar-refractivity contribution in [1.29, 1.82) is 0 Å². The number of hydrogen-bond donors (Lipinski definition) is 0. The molecule has 0 unspecified atom stereocenters. The Morgan fingerprint density at radius 1 is 0.821 bits per heavy atom. The van der Waals surface area contributed by atoms with Crippen LogP contribution in [0.2, 0.25) is 0 Å². The van der Waals surface area contributed by atoms with Crippen LogP contribution in [0.3, 0.4) is 0 Å². The van der Waals surface area contributed by atoms with Gasteiger partial charge in [-0.3, -0.25) is 15.0 Å². The first-order valence-corrected chi connectivity index (χ1v) is 9.42. The third-order valence-corrected chi connectivity index (χ3v) is 5.17. The van der Waals surface area contributed by atoms with Crippen molar-refractivity contribution in [3.63, 3.8) is 0 Å². The number of rotatable bonds is 5. The minimum atomic E-state index is -0.356. The monoisotopic (exact) mass is 374 g/mol. The maximum atomic E-state index is 11.3. The molecule has 4 rings (SSSR count). The summed E-state index contributed by atoms with van der Waals surface area (Å²) in [5, 5.41) is 11.3. The minimum Gasteiger partial charge on any atom is -0.348 e. The first kappa shape index (κ1) is 18.1. The quantitative estimate of drug-likeness (QED) is 0.501. The molecule has 1 aliphatic heterocycles. The molecule has 1 aromatic heterocycles. The van der Waals surface area contributed by atoms with E-state index in [-0.39, 0.29) is 16.7 Å². The zero-order valence-electron chi connectivity index (χ0n) is 15.5. The van der Waals surface area contributed by atoms with Crippen LogP contribution in [0, 0.1) is 10.1 Å². The number of nitrogens with zero attached hydrogens (tertiary/aromatic N) is 4. The van der Waals surface area contributed by atoms with Crippen molar-refractivity contribution in [2.45, 2.75) is 6.04 Å². The van der Waals surface area contributed by atoms with Crippen molar-refractivity contribution < 1.29 is 4.92 Å². The highest BCUT2D eigenvalue weighted by Crippen LogP contribution is 2.31. The van der Waals surface area contributed by atoms with Gasteiger partial charge >= 0.3 is 5.69 Å². The minimum absolute atomic E-state index is 0.0682. The van der Waals surface area contributed by atoms with Crippen LogP contribution in [0.1, 0.15) is 17.2 Å². The van der Waals surface area contributed by atoms with E-state index in [4.69, 9.17) is 0 Å². The fourth-order valence-electron chi connectivity index (χ4n) is 3.85. The molecule has 142 valence electrons. The summed E-state index contributed by atoms with van der Waals surface area (Å²) in [6.45, 7) is 3.02. The Labute approximate surface area is 164 Å². The predicted molar refractivity (Wildman–Crippen MR) is 109 cm³/mol. The second-order valence-corrected chi connectivity index (χ2v) is 6.85. The molecule has 0 amide bonds. The van der Waals surface area contributed by atoms with E-state index in [1.165, 1.54) is 17.2 Å². The lowest BCUT2D eigenvalue weighted by Gasteiger charge is -2.40. The van der Waals surface area contributed by atoms with E-state index in [9.17, 15) is 10.1 Å². The molecule has 0 saturated carbocycles. The van der Waals surface area contributed by atoms with Gasteiger partial charge in [-0.05, 0) is 17.2 Å². The van der Waals surface area contributed by atoms with E-state index < -0.39 is 0 Å². The molecule has 1 saturated heterocycles. The molecular weight excluding hydrogens is 352 g/mol. The molecule has 0 aliphatic carbocycles. The first-order chi connectivity index (χ1) is 13.7. The Balaban J connectivity index is 1.57. The van der Waals surface area contributed by atoms with Gasteiger partial charge in [0.05, 0.1) is 11.0 Å². The number of benzene rings is 2. The van der Waals surface area contributed by atoms with Crippen molar-refractivity contribution in [3.8, 4) is 0 Å². The Morgan fingerprint density at radius 3 is 1.93 bits per heavy atom. The average molecular weight is 374 g/mol. The smallest absolute Gasteiger partial charge is 0.311 e. The predicted octanol–water partition coefficient (Wildman–Crippen LogP) is 3.90. The highest BCUT2D eigenvalue weighted by atomic mass is 16.6. The van der Waals surface area contributed by atoms with Crippen LogP contribution in [0.5, 0.6) is 0 Å². The fourth-order valence-corrected chi connectivity index (χ4v) is 3.85. The van der Waals surface area contributed by atoms with Gasteiger partial charge in [-0.15, -0.1) is 0 Å². The number of piperazine rings is 1. The van der Waals surface area contributed by atoms with Crippen molar-refractivity contribution in [2.24, 2.45) is 0 Å². The molecule has 3 aromatic rings. The molecular formula is C22H22N4O2. The number of pyridine rings is 1. The number of nitro groups is 1. The van der Waals surface area contributed by atoms with Gasteiger partial charge < -0.3 is 4.90 Å². The maximum Gasteiger partial charge on any atom is 0.311 e. The lowest BCUT2D eigenvalue weighted by molar-refractivity contribution is -0.384. The number of anilines is 1. The molecule has 1 fully saturated rings. The van der Waals surface area contributed by atoms with Crippen LogP contribution in [0.25, 0.3) is 0 Å². The van der Waals surface area contributed by atoms with E-state index in [1.807, 2.05) is 17.0 Å². The average Bonchev–Trinajstić information content (AvgIpc) is 2.76. The van der Waals surface area contributed by atoms with Crippen molar-refractivity contribution in [2.75, 3.05) is 31.1 Å². The van der Waals surface area contributed by atoms with E-state index in [2.05, 4.69) is 58.4 Å². The van der Waals surface area contributed by atoms with Gasteiger partial charge in [0.15, 0.2) is 0 Å². The number of hydrogen-bond acceptors (Lipinski definition) is 5. The lowest BCUT2D eigenvalue weighted by atomic mass is 9.96. The van der Waals surface area contributed by atoms with E-state index in [1.54, 1.807) is 12.3 Å². The molecule has 0 atom stereocenters. The third kappa shape index (κ3) is 3.73. The van der Waals surface area contributed by atoms with Crippen LogP contribution in [0.15, 0.2) is 79.0 Å². The molecule has 2 aromatic carbocycles. The van der Waals surface area contributed by atoms with Crippen molar-refractivity contribution in [1.82, 2.24) is 9.88 Å².